The Bertz CT molecular complexity index is 720. The second-order valence-electron chi connectivity index (χ2n) is 5.65. The molecule has 0 atom stereocenters. The van der Waals surface area contributed by atoms with Gasteiger partial charge in [-0.15, -0.1) is 12.4 Å². The van der Waals surface area contributed by atoms with Crippen molar-refractivity contribution < 1.29 is 9.59 Å². The molecule has 0 aliphatic heterocycles. The Kier molecular flexibility index (Phi) is 7.95. The molecule has 0 radical (unpaired) electrons. The van der Waals surface area contributed by atoms with Gasteiger partial charge >= 0.3 is 0 Å². The Hall–Kier alpha value is -2.53. The number of hydrogen-bond donors (Lipinski definition) is 2. The van der Waals surface area contributed by atoms with Gasteiger partial charge in [0.05, 0.1) is 6.54 Å². The Labute approximate surface area is 154 Å². The number of aryl methyl sites for hydroxylation is 1. The van der Waals surface area contributed by atoms with Crippen LogP contribution in [0.2, 0.25) is 0 Å². The highest BCUT2D eigenvalue weighted by molar-refractivity contribution is 5.98. The third-order valence-corrected chi connectivity index (χ3v) is 3.86. The minimum absolute atomic E-state index is 0. The summed E-state index contributed by atoms with van der Waals surface area (Å²) in [7, 11) is 0. The molecular weight excluding hydrogens is 338 g/mol. The van der Waals surface area contributed by atoms with Gasteiger partial charge in [-0.2, -0.15) is 0 Å². The minimum Gasteiger partial charge on any atom is -0.399 e. The first-order valence-corrected chi connectivity index (χ1v) is 7.97. The Morgan fingerprint density at radius 3 is 2.44 bits per heavy atom. The lowest BCUT2D eigenvalue weighted by molar-refractivity contribution is -0.130. The lowest BCUT2D eigenvalue weighted by Gasteiger charge is -2.21. The van der Waals surface area contributed by atoms with Crippen molar-refractivity contribution in [1.82, 2.24) is 10.2 Å². The van der Waals surface area contributed by atoms with Gasteiger partial charge in [0, 0.05) is 24.3 Å². The van der Waals surface area contributed by atoms with Crippen LogP contribution in [0.1, 0.15) is 28.4 Å². The highest BCUT2D eigenvalue weighted by Crippen LogP contribution is 2.12. The van der Waals surface area contributed by atoms with Crippen molar-refractivity contribution in [3.8, 4) is 0 Å². The predicted molar refractivity (Wildman–Crippen MR) is 103 cm³/mol. The van der Waals surface area contributed by atoms with Gasteiger partial charge < -0.3 is 16.0 Å². The van der Waals surface area contributed by atoms with Crippen LogP contribution in [0.15, 0.2) is 48.5 Å². The Morgan fingerprint density at radius 2 is 1.80 bits per heavy atom. The number of nitrogens with two attached hydrogens (primary N) is 1. The number of carbonyl (C=O) groups excluding carboxylic acids is 2. The Balaban J connectivity index is 0.00000312. The van der Waals surface area contributed by atoms with Crippen LogP contribution < -0.4 is 11.1 Å². The second kappa shape index (κ2) is 9.69. The smallest absolute Gasteiger partial charge is 0.252 e. The van der Waals surface area contributed by atoms with Crippen molar-refractivity contribution in [2.24, 2.45) is 0 Å². The number of nitrogen functional groups attached to an aromatic ring is 1. The average Bonchev–Trinajstić information content (AvgIpc) is 2.60. The van der Waals surface area contributed by atoms with Crippen molar-refractivity contribution >= 4 is 29.9 Å². The molecule has 0 spiro atoms. The van der Waals surface area contributed by atoms with Crippen LogP contribution in [0.4, 0.5) is 5.69 Å². The largest absolute Gasteiger partial charge is 0.399 e. The molecule has 134 valence electrons. The van der Waals surface area contributed by atoms with Gasteiger partial charge in [0.15, 0.2) is 0 Å². The Morgan fingerprint density at radius 1 is 1.12 bits per heavy atom. The van der Waals surface area contributed by atoms with E-state index in [9.17, 15) is 9.59 Å². The zero-order valence-corrected chi connectivity index (χ0v) is 15.3. The van der Waals surface area contributed by atoms with E-state index in [1.165, 1.54) is 0 Å². The van der Waals surface area contributed by atoms with Gasteiger partial charge in [-0.1, -0.05) is 36.4 Å². The molecule has 0 saturated heterocycles. The van der Waals surface area contributed by atoms with E-state index < -0.39 is 0 Å². The van der Waals surface area contributed by atoms with Gasteiger partial charge in [0.1, 0.15) is 0 Å². The molecule has 0 unspecified atom stereocenters. The van der Waals surface area contributed by atoms with E-state index in [0.29, 0.717) is 24.3 Å². The summed E-state index contributed by atoms with van der Waals surface area (Å²) in [5.74, 6) is -0.403. The molecule has 0 aromatic heterocycles. The van der Waals surface area contributed by atoms with Crippen molar-refractivity contribution in [3.05, 3.63) is 65.2 Å². The van der Waals surface area contributed by atoms with Gasteiger partial charge in [0.2, 0.25) is 5.91 Å². The summed E-state index contributed by atoms with van der Waals surface area (Å²) < 4.78 is 0. The number of amides is 2. The number of nitrogens with one attached hydrogen (secondary N) is 1. The molecule has 2 amide bonds. The van der Waals surface area contributed by atoms with Crippen molar-refractivity contribution in [1.29, 1.82) is 0 Å². The number of hydrogen-bond acceptors (Lipinski definition) is 3. The summed E-state index contributed by atoms with van der Waals surface area (Å²) in [4.78, 5) is 26.3. The summed E-state index contributed by atoms with van der Waals surface area (Å²) in [5.41, 5.74) is 8.63. The van der Waals surface area contributed by atoms with E-state index in [0.717, 1.165) is 11.1 Å². The average molecular weight is 362 g/mol. The summed E-state index contributed by atoms with van der Waals surface area (Å²) in [6, 6.07) is 14.9. The SMILES string of the molecule is CCN(Cc1ccccc1)C(=O)CNC(=O)c1cc(N)ccc1C.Cl. The molecule has 3 N–H and O–H groups in total. The monoisotopic (exact) mass is 361 g/mol. The van der Waals surface area contributed by atoms with Crippen LogP contribution >= 0.6 is 12.4 Å². The van der Waals surface area contributed by atoms with E-state index >= 15 is 0 Å². The van der Waals surface area contributed by atoms with E-state index in [1.807, 2.05) is 44.2 Å². The number of halogens is 1. The fourth-order valence-electron chi connectivity index (χ4n) is 2.43. The molecule has 0 fully saturated rings. The van der Waals surface area contributed by atoms with E-state index in [1.54, 1.807) is 23.1 Å². The van der Waals surface area contributed by atoms with Gasteiger partial charge in [-0.25, -0.2) is 0 Å². The first kappa shape index (κ1) is 20.5. The molecule has 25 heavy (non-hydrogen) atoms. The topological polar surface area (TPSA) is 75.4 Å². The van der Waals surface area contributed by atoms with Crippen molar-refractivity contribution in [2.45, 2.75) is 20.4 Å². The highest BCUT2D eigenvalue weighted by atomic mass is 35.5. The fraction of sp³-hybridized carbons (Fsp3) is 0.263. The van der Waals surface area contributed by atoms with Crippen LogP contribution in [-0.2, 0) is 11.3 Å². The second-order valence-corrected chi connectivity index (χ2v) is 5.65. The molecule has 0 aliphatic carbocycles. The van der Waals surface area contributed by atoms with E-state index in [-0.39, 0.29) is 30.8 Å². The summed E-state index contributed by atoms with van der Waals surface area (Å²) >= 11 is 0. The molecule has 2 aromatic carbocycles. The molecule has 2 aromatic rings. The van der Waals surface area contributed by atoms with Crippen LogP contribution in [0, 0.1) is 6.92 Å². The quantitative estimate of drug-likeness (QED) is 0.777. The standard InChI is InChI=1S/C19H23N3O2.ClH/c1-3-22(13-15-7-5-4-6-8-15)18(23)12-21-19(24)17-11-16(20)10-9-14(17)2;/h4-11H,3,12-13,20H2,1-2H3,(H,21,24);1H. The van der Waals surface area contributed by atoms with Crippen LogP contribution in [0.5, 0.6) is 0 Å². The molecule has 0 aliphatic rings. The highest BCUT2D eigenvalue weighted by Gasteiger charge is 2.15. The lowest BCUT2D eigenvalue weighted by Crippen LogP contribution is -2.39. The molecule has 0 saturated carbocycles. The van der Waals surface area contributed by atoms with Crippen LogP contribution in [0.3, 0.4) is 0 Å². The number of anilines is 1. The molecule has 0 heterocycles. The lowest BCUT2D eigenvalue weighted by atomic mass is 10.1. The first-order valence-electron chi connectivity index (χ1n) is 7.97. The summed E-state index contributed by atoms with van der Waals surface area (Å²) in [6.07, 6.45) is 0. The van der Waals surface area contributed by atoms with E-state index in [4.69, 9.17) is 5.73 Å². The van der Waals surface area contributed by atoms with Gasteiger partial charge in [0.25, 0.3) is 5.91 Å². The zero-order valence-electron chi connectivity index (χ0n) is 14.5. The first-order chi connectivity index (χ1) is 11.5. The molecular formula is C19H24ClN3O2. The minimum atomic E-state index is -0.288. The number of likely N-dealkylation sites (N-methyl/N-ethyl adjacent to an activating group) is 1. The summed E-state index contributed by atoms with van der Waals surface area (Å²) in [5, 5.41) is 2.68. The summed E-state index contributed by atoms with van der Waals surface area (Å²) in [6.45, 7) is 4.84. The van der Waals surface area contributed by atoms with Crippen molar-refractivity contribution in [3.63, 3.8) is 0 Å². The third-order valence-electron chi connectivity index (χ3n) is 3.86. The van der Waals surface area contributed by atoms with Gasteiger partial charge in [-0.3, -0.25) is 9.59 Å². The number of nitrogens with zero attached hydrogens (tertiary/aromatic N) is 1. The van der Waals surface area contributed by atoms with Crippen LogP contribution in [0.25, 0.3) is 0 Å². The van der Waals surface area contributed by atoms with Crippen LogP contribution in [-0.4, -0.2) is 29.8 Å². The fourth-order valence-corrected chi connectivity index (χ4v) is 2.43. The maximum Gasteiger partial charge on any atom is 0.252 e. The molecule has 0 bridgehead atoms. The maximum atomic E-state index is 12.4. The maximum absolute atomic E-state index is 12.4. The van der Waals surface area contributed by atoms with E-state index in [2.05, 4.69) is 5.32 Å². The zero-order chi connectivity index (χ0) is 17.5. The molecule has 2 rings (SSSR count). The number of benzene rings is 2. The predicted octanol–water partition coefficient (Wildman–Crippen LogP) is 2.78. The molecule has 5 nitrogen and oxygen atoms in total. The normalized spacial score (nSPS) is 9.84. The number of carbonyl (C=O) groups is 2. The van der Waals surface area contributed by atoms with Crippen molar-refractivity contribution in [2.75, 3.05) is 18.8 Å². The molecule has 6 heteroatoms. The van der Waals surface area contributed by atoms with Gasteiger partial charge in [-0.05, 0) is 37.1 Å². The number of rotatable bonds is 6. The third kappa shape index (κ3) is 5.80.